The minimum absolute atomic E-state index is 0.0409. The first-order chi connectivity index (χ1) is 9.37. The second-order valence-corrected chi connectivity index (χ2v) is 4.83. The Morgan fingerprint density at radius 3 is 2.80 bits per heavy atom. The summed E-state index contributed by atoms with van der Waals surface area (Å²) < 4.78 is 37.6. The van der Waals surface area contributed by atoms with Crippen molar-refractivity contribution in [3.8, 4) is 0 Å². The molecule has 1 aromatic heterocycles. The standard InChI is InChI=1S/C13H9BrF2O4/c1-2-19-12(18)13(15,16)9-6-20-10-4-3-7(14)5-8(10)11(9)17/h3-6H,2H2,1H3. The van der Waals surface area contributed by atoms with Crippen molar-refractivity contribution >= 4 is 32.9 Å². The number of alkyl halides is 2. The lowest BCUT2D eigenvalue weighted by molar-refractivity contribution is -0.173. The van der Waals surface area contributed by atoms with E-state index in [0.29, 0.717) is 10.7 Å². The van der Waals surface area contributed by atoms with Gasteiger partial charge in [0, 0.05) is 4.47 Å². The molecular weight excluding hydrogens is 338 g/mol. The van der Waals surface area contributed by atoms with E-state index in [9.17, 15) is 18.4 Å². The van der Waals surface area contributed by atoms with Crippen LogP contribution in [0.4, 0.5) is 8.78 Å². The number of rotatable bonds is 3. The third-order valence-electron chi connectivity index (χ3n) is 2.60. The van der Waals surface area contributed by atoms with Gasteiger partial charge in [-0.3, -0.25) is 4.79 Å². The minimum atomic E-state index is -4.05. The van der Waals surface area contributed by atoms with Gasteiger partial charge < -0.3 is 9.15 Å². The molecule has 0 fully saturated rings. The lowest BCUT2D eigenvalue weighted by Crippen LogP contribution is -2.33. The number of esters is 1. The first-order valence-corrected chi connectivity index (χ1v) is 6.43. The van der Waals surface area contributed by atoms with Crippen LogP contribution in [0.15, 0.2) is 38.1 Å². The van der Waals surface area contributed by atoms with Crippen molar-refractivity contribution in [3.63, 3.8) is 0 Å². The Balaban J connectivity index is 2.64. The first-order valence-electron chi connectivity index (χ1n) is 5.64. The van der Waals surface area contributed by atoms with E-state index in [4.69, 9.17) is 4.42 Å². The van der Waals surface area contributed by atoms with Gasteiger partial charge in [0.05, 0.1) is 12.0 Å². The van der Waals surface area contributed by atoms with Crippen molar-refractivity contribution in [2.75, 3.05) is 6.61 Å². The highest BCUT2D eigenvalue weighted by molar-refractivity contribution is 9.10. The Morgan fingerprint density at radius 1 is 1.45 bits per heavy atom. The third-order valence-corrected chi connectivity index (χ3v) is 3.10. The smallest absolute Gasteiger partial charge is 0.382 e. The van der Waals surface area contributed by atoms with Gasteiger partial charge in [-0.1, -0.05) is 15.9 Å². The van der Waals surface area contributed by atoms with Crippen LogP contribution in [0.5, 0.6) is 0 Å². The monoisotopic (exact) mass is 346 g/mol. The molecule has 20 heavy (non-hydrogen) atoms. The highest BCUT2D eigenvalue weighted by atomic mass is 79.9. The van der Waals surface area contributed by atoms with Crippen LogP contribution in [0.1, 0.15) is 12.5 Å². The normalized spacial score (nSPS) is 11.6. The molecule has 0 aliphatic rings. The summed E-state index contributed by atoms with van der Waals surface area (Å²) >= 11 is 3.14. The number of benzene rings is 1. The fraction of sp³-hybridized carbons (Fsp3) is 0.231. The molecule has 7 heteroatoms. The maximum atomic E-state index is 13.9. The summed E-state index contributed by atoms with van der Waals surface area (Å²) in [4.78, 5) is 23.3. The molecule has 0 saturated carbocycles. The molecule has 0 spiro atoms. The van der Waals surface area contributed by atoms with Crippen LogP contribution in [0.25, 0.3) is 11.0 Å². The van der Waals surface area contributed by atoms with Crippen molar-refractivity contribution in [1.82, 2.24) is 0 Å². The van der Waals surface area contributed by atoms with E-state index >= 15 is 0 Å². The summed E-state index contributed by atoms with van der Waals surface area (Å²) in [6, 6.07) is 4.42. The van der Waals surface area contributed by atoms with Crippen molar-refractivity contribution < 1.29 is 22.7 Å². The summed E-state index contributed by atoms with van der Waals surface area (Å²) in [5, 5.41) is -0.0409. The van der Waals surface area contributed by atoms with E-state index in [-0.39, 0.29) is 17.6 Å². The largest absolute Gasteiger partial charge is 0.464 e. The molecule has 0 aliphatic carbocycles. The maximum Gasteiger partial charge on any atom is 0.382 e. The van der Waals surface area contributed by atoms with Crippen LogP contribution < -0.4 is 5.43 Å². The topological polar surface area (TPSA) is 56.5 Å². The molecular formula is C13H9BrF2O4. The van der Waals surface area contributed by atoms with Crippen LogP contribution in [0.3, 0.4) is 0 Å². The van der Waals surface area contributed by atoms with Crippen LogP contribution in [-0.4, -0.2) is 12.6 Å². The highest BCUT2D eigenvalue weighted by Crippen LogP contribution is 2.29. The molecule has 0 bridgehead atoms. The molecule has 106 valence electrons. The summed E-state index contributed by atoms with van der Waals surface area (Å²) in [7, 11) is 0. The second kappa shape index (κ2) is 5.32. The summed E-state index contributed by atoms with van der Waals surface area (Å²) in [6.45, 7) is 1.19. The lowest BCUT2D eigenvalue weighted by Gasteiger charge is -2.14. The highest BCUT2D eigenvalue weighted by Gasteiger charge is 2.45. The molecule has 1 heterocycles. The number of fused-ring (bicyclic) bond motifs is 1. The average Bonchev–Trinajstić information content (AvgIpc) is 2.39. The van der Waals surface area contributed by atoms with E-state index in [0.717, 1.165) is 0 Å². The van der Waals surface area contributed by atoms with E-state index in [2.05, 4.69) is 20.7 Å². The molecule has 4 nitrogen and oxygen atoms in total. The number of carbonyl (C=O) groups is 1. The number of carbonyl (C=O) groups excluding carboxylic acids is 1. The molecule has 0 saturated heterocycles. The number of halogens is 3. The van der Waals surface area contributed by atoms with Crippen LogP contribution >= 0.6 is 15.9 Å². The Hall–Kier alpha value is -1.76. The molecule has 0 atom stereocenters. The summed E-state index contributed by atoms with van der Waals surface area (Å²) in [6.07, 6.45) is 0.593. The SMILES string of the molecule is CCOC(=O)C(F)(F)c1coc2ccc(Br)cc2c1=O. The molecule has 1 aromatic carbocycles. The van der Waals surface area contributed by atoms with Gasteiger partial charge in [-0.05, 0) is 25.1 Å². The Morgan fingerprint density at radius 2 is 2.15 bits per heavy atom. The van der Waals surface area contributed by atoms with Gasteiger partial charge in [-0.15, -0.1) is 0 Å². The zero-order valence-corrected chi connectivity index (χ0v) is 11.9. The number of ether oxygens (including phenoxy) is 1. The van der Waals surface area contributed by atoms with Crippen molar-refractivity contribution in [2.45, 2.75) is 12.8 Å². The predicted octanol–water partition coefficient (Wildman–Crippen LogP) is 3.21. The molecule has 0 unspecified atom stereocenters. The quantitative estimate of drug-likeness (QED) is 0.800. The fourth-order valence-corrected chi connectivity index (χ4v) is 2.01. The van der Waals surface area contributed by atoms with Crippen molar-refractivity contribution in [1.29, 1.82) is 0 Å². The van der Waals surface area contributed by atoms with Gasteiger partial charge in [0.2, 0.25) is 5.43 Å². The van der Waals surface area contributed by atoms with E-state index in [1.54, 1.807) is 6.07 Å². The second-order valence-electron chi connectivity index (χ2n) is 3.91. The zero-order valence-electron chi connectivity index (χ0n) is 10.3. The lowest BCUT2D eigenvalue weighted by atomic mass is 10.1. The molecule has 0 amide bonds. The van der Waals surface area contributed by atoms with Crippen molar-refractivity contribution in [2.24, 2.45) is 0 Å². The molecule has 0 radical (unpaired) electrons. The van der Waals surface area contributed by atoms with E-state index in [1.807, 2.05) is 0 Å². The van der Waals surface area contributed by atoms with Gasteiger partial charge >= 0.3 is 11.9 Å². The first kappa shape index (κ1) is 14.6. The Labute approximate surface area is 120 Å². The Bertz CT molecular complexity index is 724. The number of hydrogen-bond acceptors (Lipinski definition) is 4. The molecule has 0 aliphatic heterocycles. The molecule has 0 N–H and O–H groups in total. The van der Waals surface area contributed by atoms with Crippen LogP contribution in [-0.2, 0) is 15.5 Å². The molecule has 2 rings (SSSR count). The average molecular weight is 347 g/mol. The summed E-state index contributed by atoms with van der Waals surface area (Å²) in [5.41, 5.74) is -1.85. The maximum absolute atomic E-state index is 13.9. The van der Waals surface area contributed by atoms with E-state index < -0.39 is 22.9 Å². The van der Waals surface area contributed by atoms with Gasteiger partial charge in [0.1, 0.15) is 17.4 Å². The van der Waals surface area contributed by atoms with Crippen molar-refractivity contribution in [3.05, 3.63) is 44.7 Å². The fourth-order valence-electron chi connectivity index (χ4n) is 1.65. The van der Waals surface area contributed by atoms with E-state index in [1.165, 1.54) is 19.1 Å². The van der Waals surface area contributed by atoms with Crippen LogP contribution in [0.2, 0.25) is 0 Å². The number of hydrogen-bond donors (Lipinski definition) is 0. The van der Waals surface area contributed by atoms with Gasteiger partial charge in [0.25, 0.3) is 0 Å². The van der Waals surface area contributed by atoms with Gasteiger partial charge in [-0.25, -0.2) is 4.79 Å². The third kappa shape index (κ3) is 2.45. The van der Waals surface area contributed by atoms with Gasteiger partial charge in [0.15, 0.2) is 0 Å². The predicted molar refractivity (Wildman–Crippen MR) is 70.7 cm³/mol. The molecule has 2 aromatic rings. The zero-order chi connectivity index (χ0) is 14.9. The Kier molecular flexibility index (Phi) is 3.89. The van der Waals surface area contributed by atoms with Crippen LogP contribution in [0, 0.1) is 0 Å². The minimum Gasteiger partial charge on any atom is -0.464 e. The summed E-state index contributed by atoms with van der Waals surface area (Å²) in [5.74, 6) is -5.82. The van der Waals surface area contributed by atoms with Gasteiger partial charge in [-0.2, -0.15) is 8.78 Å².